The minimum absolute atomic E-state index is 0.185. The fraction of sp³-hybridized carbons (Fsp3) is 0.714. The molecule has 0 saturated heterocycles. The van der Waals surface area contributed by atoms with Gasteiger partial charge in [-0.2, -0.15) is 0 Å². The van der Waals surface area contributed by atoms with E-state index in [0.29, 0.717) is 5.75 Å². The maximum absolute atomic E-state index is 13.6. The molecule has 0 aliphatic rings. The van der Waals surface area contributed by atoms with Crippen LogP contribution in [0.25, 0.3) is 0 Å². The molecule has 0 fully saturated rings. The summed E-state index contributed by atoms with van der Waals surface area (Å²) < 4.78 is 38.5. The van der Waals surface area contributed by atoms with E-state index in [9.17, 15) is 4.57 Å². The van der Waals surface area contributed by atoms with Crippen molar-refractivity contribution in [2.75, 3.05) is 0 Å². The molecule has 0 N–H and O–H groups in total. The van der Waals surface area contributed by atoms with Gasteiger partial charge in [0.2, 0.25) is 0 Å². The van der Waals surface area contributed by atoms with E-state index in [4.69, 9.17) is 18.0 Å². The third-order valence-corrected chi connectivity index (χ3v) is 6.70. The van der Waals surface area contributed by atoms with Crippen LogP contribution in [-0.2, 0) is 18.0 Å². The summed E-state index contributed by atoms with van der Waals surface area (Å²) in [6.45, 7) is 21.6. The molecule has 0 aromatic heterocycles. The standard InChI is InChI=1S/C21H38BrO5PSi/c1-19(2,3)18(25-29(10)11)16-14-15(22)12-13-17(16)24-28(23,26-20(4,5)6)27-21(7,8)9/h12-14,18,29H,1-11H3. The van der Waals surface area contributed by atoms with E-state index in [-0.39, 0.29) is 11.5 Å². The highest BCUT2D eigenvalue weighted by molar-refractivity contribution is 9.10. The van der Waals surface area contributed by atoms with Crippen molar-refractivity contribution in [2.45, 2.75) is 92.7 Å². The van der Waals surface area contributed by atoms with Crippen LogP contribution in [0, 0.1) is 5.41 Å². The monoisotopic (exact) mass is 508 g/mol. The van der Waals surface area contributed by atoms with Gasteiger partial charge in [0.1, 0.15) is 5.75 Å². The van der Waals surface area contributed by atoms with E-state index in [0.717, 1.165) is 10.0 Å². The maximum atomic E-state index is 13.6. The second kappa shape index (κ2) is 9.54. The van der Waals surface area contributed by atoms with Gasteiger partial charge in [0.05, 0.1) is 17.3 Å². The molecule has 168 valence electrons. The highest BCUT2D eigenvalue weighted by atomic mass is 79.9. The molecule has 0 heterocycles. The Balaban J connectivity index is 3.50. The second-order valence-corrected chi connectivity index (χ2v) is 15.3. The lowest BCUT2D eigenvalue weighted by atomic mass is 9.84. The molecule has 0 aliphatic heterocycles. The molecule has 1 atom stereocenters. The zero-order chi connectivity index (χ0) is 22.8. The molecule has 0 radical (unpaired) electrons. The van der Waals surface area contributed by atoms with Crippen LogP contribution < -0.4 is 4.52 Å². The first-order valence-corrected chi connectivity index (χ1v) is 15.0. The highest BCUT2D eigenvalue weighted by Crippen LogP contribution is 2.57. The Bertz CT molecular complexity index is 712. The molecule has 5 nitrogen and oxygen atoms in total. The minimum Gasteiger partial charge on any atom is -0.413 e. The molecular weight excluding hydrogens is 471 g/mol. The van der Waals surface area contributed by atoms with Gasteiger partial charge in [-0.3, -0.25) is 9.05 Å². The van der Waals surface area contributed by atoms with Gasteiger partial charge in [-0.15, -0.1) is 0 Å². The van der Waals surface area contributed by atoms with Gasteiger partial charge < -0.3 is 8.95 Å². The van der Waals surface area contributed by atoms with Gasteiger partial charge in [0, 0.05) is 10.0 Å². The quantitative estimate of drug-likeness (QED) is 0.279. The number of benzene rings is 1. The first kappa shape index (κ1) is 26.9. The third kappa shape index (κ3) is 9.66. The van der Waals surface area contributed by atoms with Crippen LogP contribution in [0.3, 0.4) is 0 Å². The van der Waals surface area contributed by atoms with E-state index in [2.05, 4.69) is 49.8 Å². The van der Waals surface area contributed by atoms with Crippen molar-refractivity contribution >= 4 is 32.8 Å². The summed E-state index contributed by atoms with van der Waals surface area (Å²) in [5.74, 6) is 0.444. The summed E-state index contributed by atoms with van der Waals surface area (Å²) in [7, 11) is -5.27. The highest BCUT2D eigenvalue weighted by Gasteiger charge is 2.40. The average molecular weight is 509 g/mol. The molecule has 0 saturated carbocycles. The van der Waals surface area contributed by atoms with Crippen molar-refractivity contribution in [3.8, 4) is 5.75 Å². The van der Waals surface area contributed by atoms with Crippen molar-refractivity contribution < 1.29 is 22.6 Å². The molecular formula is C21H38BrO5PSi. The van der Waals surface area contributed by atoms with Crippen LogP contribution in [0.1, 0.15) is 74.0 Å². The van der Waals surface area contributed by atoms with Crippen LogP contribution in [0.2, 0.25) is 13.1 Å². The van der Waals surface area contributed by atoms with Crippen molar-refractivity contribution in [1.29, 1.82) is 0 Å². The number of phosphoric acid groups is 1. The molecule has 29 heavy (non-hydrogen) atoms. The lowest BCUT2D eigenvalue weighted by molar-refractivity contribution is 0.0213. The van der Waals surface area contributed by atoms with Gasteiger partial charge >= 0.3 is 7.82 Å². The molecule has 1 rings (SSSR count). The zero-order valence-corrected chi connectivity index (χ0v) is 23.4. The molecule has 0 amide bonds. The van der Waals surface area contributed by atoms with Crippen molar-refractivity contribution in [3.63, 3.8) is 0 Å². The molecule has 1 aromatic rings. The molecule has 0 spiro atoms. The number of phosphoric ester groups is 1. The van der Waals surface area contributed by atoms with Gasteiger partial charge in [-0.1, -0.05) is 36.7 Å². The van der Waals surface area contributed by atoms with Gasteiger partial charge in [-0.25, -0.2) is 4.57 Å². The largest absolute Gasteiger partial charge is 0.531 e. The average Bonchev–Trinajstić information content (AvgIpc) is 2.41. The van der Waals surface area contributed by atoms with E-state index in [1.54, 1.807) is 6.07 Å². The summed E-state index contributed by atoms with van der Waals surface area (Å²) in [6, 6.07) is 5.60. The number of halogens is 1. The SMILES string of the molecule is C[SiH](C)OC(c1cc(Br)ccc1OP(=O)(OC(C)(C)C)OC(C)(C)C)C(C)(C)C. The van der Waals surface area contributed by atoms with Crippen LogP contribution in [-0.4, -0.2) is 20.2 Å². The van der Waals surface area contributed by atoms with Crippen LogP contribution in [0.4, 0.5) is 0 Å². The van der Waals surface area contributed by atoms with E-state index in [1.165, 1.54) is 0 Å². The Morgan fingerprint density at radius 2 is 1.41 bits per heavy atom. The Hall–Kier alpha value is -0.173. The predicted octanol–water partition coefficient (Wildman–Crippen LogP) is 7.65. The lowest BCUT2D eigenvalue weighted by Crippen LogP contribution is -2.28. The van der Waals surface area contributed by atoms with E-state index in [1.807, 2.05) is 53.7 Å². The number of rotatable bonds is 7. The fourth-order valence-corrected chi connectivity index (χ4v) is 6.01. The summed E-state index contributed by atoms with van der Waals surface area (Å²) in [6.07, 6.45) is -0.223. The first-order chi connectivity index (χ1) is 12.8. The summed E-state index contributed by atoms with van der Waals surface area (Å²) in [5.41, 5.74) is -0.777. The van der Waals surface area contributed by atoms with Gasteiger partial charge in [-0.05, 0) is 78.3 Å². The van der Waals surface area contributed by atoms with Crippen LogP contribution >= 0.6 is 23.8 Å². The summed E-state index contributed by atoms with van der Waals surface area (Å²) in [4.78, 5) is 0. The van der Waals surface area contributed by atoms with Gasteiger partial charge in [0.25, 0.3) is 0 Å². The Morgan fingerprint density at radius 1 is 0.931 bits per heavy atom. The predicted molar refractivity (Wildman–Crippen MR) is 126 cm³/mol. The summed E-state index contributed by atoms with van der Waals surface area (Å²) >= 11 is 3.54. The molecule has 1 unspecified atom stereocenters. The lowest BCUT2D eigenvalue weighted by Gasteiger charge is -2.35. The fourth-order valence-electron chi connectivity index (χ4n) is 2.67. The van der Waals surface area contributed by atoms with Crippen LogP contribution in [0.5, 0.6) is 5.75 Å². The van der Waals surface area contributed by atoms with E-state index < -0.39 is 28.1 Å². The van der Waals surface area contributed by atoms with Gasteiger partial charge in [0.15, 0.2) is 9.04 Å². The smallest absolute Gasteiger partial charge is 0.413 e. The second-order valence-electron chi connectivity index (χ2n) is 10.6. The zero-order valence-electron chi connectivity index (χ0n) is 19.8. The Kier molecular flexibility index (Phi) is 8.83. The Morgan fingerprint density at radius 3 is 1.79 bits per heavy atom. The van der Waals surface area contributed by atoms with Crippen molar-refractivity contribution in [3.05, 3.63) is 28.2 Å². The third-order valence-electron chi connectivity index (χ3n) is 3.43. The first-order valence-electron chi connectivity index (χ1n) is 9.97. The molecule has 8 heteroatoms. The maximum Gasteiger partial charge on any atom is 0.531 e. The van der Waals surface area contributed by atoms with Crippen LogP contribution in [0.15, 0.2) is 22.7 Å². The van der Waals surface area contributed by atoms with Crippen molar-refractivity contribution in [1.82, 2.24) is 0 Å². The molecule has 1 aromatic carbocycles. The Labute approximate surface area is 187 Å². The minimum atomic E-state index is -3.91. The number of hydrogen-bond donors (Lipinski definition) is 0. The normalized spacial score (nSPS) is 14.9. The molecule has 0 bridgehead atoms. The number of hydrogen-bond acceptors (Lipinski definition) is 5. The van der Waals surface area contributed by atoms with Crippen molar-refractivity contribution in [2.24, 2.45) is 5.41 Å². The topological polar surface area (TPSA) is 54.0 Å². The summed E-state index contributed by atoms with van der Waals surface area (Å²) in [5, 5.41) is 0. The van der Waals surface area contributed by atoms with E-state index >= 15 is 0 Å². The molecule has 0 aliphatic carbocycles.